The highest BCUT2D eigenvalue weighted by atomic mass is 16.5. The summed E-state index contributed by atoms with van der Waals surface area (Å²) in [6, 6.07) is 7.18. The fourth-order valence-electron chi connectivity index (χ4n) is 2.61. The minimum atomic E-state index is -1.03. The Hall–Kier alpha value is -3.36. The molecule has 0 radical (unpaired) electrons. The molecule has 0 aliphatic heterocycles. The van der Waals surface area contributed by atoms with Crippen molar-refractivity contribution >= 4 is 23.9 Å². The molecular formula is C22H30N2O7. The summed E-state index contributed by atoms with van der Waals surface area (Å²) in [5.41, 5.74) is 0.811. The first-order chi connectivity index (χ1) is 14.8. The molecule has 31 heavy (non-hydrogen) atoms. The van der Waals surface area contributed by atoms with Crippen LogP contribution in [0.15, 0.2) is 42.5 Å². The molecule has 0 saturated carbocycles. The molecule has 0 aromatic heterocycles. The normalized spacial score (nSPS) is 12.7. The van der Waals surface area contributed by atoms with Gasteiger partial charge >= 0.3 is 18.0 Å². The van der Waals surface area contributed by atoms with E-state index in [0.717, 1.165) is 11.6 Å². The Morgan fingerprint density at radius 1 is 0.968 bits per heavy atom. The number of amides is 2. The molecule has 2 atom stereocenters. The van der Waals surface area contributed by atoms with Crippen molar-refractivity contribution < 1.29 is 33.4 Å². The zero-order chi connectivity index (χ0) is 23.2. The van der Waals surface area contributed by atoms with Gasteiger partial charge in [-0.1, -0.05) is 50.3 Å². The molecule has 0 unspecified atom stereocenters. The van der Waals surface area contributed by atoms with Crippen molar-refractivity contribution in [3.8, 4) is 0 Å². The third-order valence-corrected chi connectivity index (χ3v) is 4.16. The monoisotopic (exact) mass is 434 g/mol. The summed E-state index contributed by atoms with van der Waals surface area (Å²) < 4.78 is 14.4. The number of benzene rings is 1. The lowest BCUT2D eigenvalue weighted by atomic mass is 10.0. The average molecular weight is 434 g/mol. The maximum atomic E-state index is 12.8. The van der Waals surface area contributed by atoms with Crippen LogP contribution < -0.4 is 10.6 Å². The SMILES string of the molecule is COC(=O)/C=C/C[C@H](NC(=O)[C@H](CC(C)C)NC(=O)OCc1ccccc1)C(=O)OC. The molecule has 0 aliphatic rings. The standard InChI is InChI=1S/C22H30N2O7/c1-15(2)13-18(24-22(28)31-14-16-9-6-5-7-10-16)20(26)23-17(21(27)30-4)11-8-12-19(25)29-3/h5-10,12,15,17-18H,11,13-14H2,1-4H3,(H,23,26)(H,24,28)/b12-8+/t17-,18-/m0/s1. The Morgan fingerprint density at radius 3 is 2.23 bits per heavy atom. The highest BCUT2D eigenvalue weighted by Gasteiger charge is 2.27. The number of methoxy groups -OCH3 is 2. The Balaban J connectivity index is 2.76. The second-order valence-electron chi connectivity index (χ2n) is 7.13. The zero-order valence-corrected chi connectivity index (χ0v) is 18.3. The van der Waals surface area contributed by atoms with Crippen LogP contribution in [0.5, 0.6) is 0 Å². The van der Waals surface area contributed by atoms with Gasteiger partial charge < -0.3 is 24.8 Å². The summed E-state index contributed by atoms with van der Waals surface area (Å²) >= 11 is 0. The number of carbonyl (C=O) groups is 4. The van der Waals surface area contributed by atoms with Gasteiger partial charge in [0.1, 0.15) is 18.7 Å². The number of hydrogen-bond donors (Lipinski definition) is 2. The molecule has 1 rings (SSSR count). The number of esters is 2. The Labute approximate surface area is 182 Å². The van der Waals surface area contributed by atoms with Crippen molar-refractivity contribution in [2.75, 3.05) is 14.2 Å². The molecule has 0 bridgehead atoms. The number of hydrogen-bond acceptors (Lipinski definition) is 7. The second-order valence-corrected chi connectivity index (χ2v) is 7.13. The van der Waals surface area contributed by atoms with Crippen LogP contribution in [-0.4, -0.2) is 50.2 Å². The first-order valence-corrected chi connectivity index (χ1v) is 9.86. The van der Waals surface area contributed by atoms with E-state index in [4.69, 9.17) is 9.47 Å². The van der Waals surface area contributed by atoms with Gasteiger partial charge in [0.2, 0.25) is 5.91 Å². The van der Waals surface area contributed by atoms with Crippen molar-refractivity contribution in [3.63, 3.8) is 0 Å². The predicted molar refractivity (Wildman–Crippen MR) is 113 cm³/mol. The number of carbonyl (C=O) groups excluding carboxylic acids is 4. The molecule has 2 amide bonds. The number of nitrogens with one attached hydrogen (secondary N) is 2. The van der Waals surface area contributed by atoms with Crippen LogP contribution in [0.4, 0.5) is 4.79 Å². The lowest BCUT2D eigenvalue weighted by molar-refractivity contribution is -0.145. The molecule has 170 valence electrons. The van der Waals surface area contributed by atoms with E-state index in [0.29, 0.717) is 6.42 Å². The van der Waals surface area contributed by atoms with E-state index in [1.54, 1.807) is 0 Å². The molecule has 1 aromatic rings. The van der Waals surface area contributed by atoms with Gasteiger partial charge in [-0.25, -0.2) is 14.4 Å². The lowest BCUT2D eigenvalue weighted by Crippen LogP contribution is -2.52. The van der Waals surface area contributed by atoms with E-state index in [1.165, 1.54) is 20.3 Å². The summed E-state index contributed by atoms with van der Waals surface area (Å²) in [5.74, 6) is -1.75. The Kier molecular flexibility index (Phi) is 11.4. The smallest absolute Gasteiger partial charge is 0.408 e. The van der Waals surface area contributed by atoms with Crippen molar-refractivity contribution in [1.82, 2.24) is 10.6 Å². The highest BCUT2D eigenvalue weighted by Crippen LogP contribution is 2.08. The number of rotatable bonds is 11. The maximum Gasteiger partial charge on any atom is 0.408 e. The second kappa shape index (κ2) is 13.8. The summed E-state index contributed by atoms with van der Waals surface area (Å²) in [5, 5.41) is 5.10. The van der Waals surface area contributed by atoms with Gasteiger partial charge in [-0.15, -0.1) is 0 Å². The fourth-order valence-corrected chi connectivity index (χ4v) is 2.61. The molecule has 0 fully saturated rings. The van der Waals surface area contributed by atoms with Crippen LogP contribution >= 0.6 is 0 Å². The van der Waals surface area contributed by atoms with Crippen LogP contribution in [0.2, 0.25) is 0 Å². The predicted octanol–water partition coefficient (Wildman–Crippen LogP) is 2.10. The van der Waals surface area contributed by atoms with Gasteiger partial charge in [-0.05, 0) is 24.3 Å². The van der Waals surface area contributed by atoms with E-state index >= 15 is 0 Å². The van der Waals surface area contributed by atoms with Gasteiger partial charge in [0.25, 0.3) is 0 Å². The highest BCUT2D eigenvalue weighted by molar-refractivity contribution is 5.90. The van der Waals surface area contributed by atoms with Crippen LogP contribution in [-0.2, 0) is 35.2 Å². The van der Waals surface area contributed by atoms with Crippen LogP contribution in [0.1, 0.15) is 32.3 Å². The van der Waals surface area contributed by atoms with Gasteiger partial charge in [0.05, 0.1) is 14.2 Å². The average Bonchev–Trinajstić information content (AvgIpc) is 2.76. The fraction of sp³-hybridized carbons (Fsp3) is 0.455. The first kappa shape index (κ1) is 25.7. The van der Waals surface area contributed by atoms with E-state index in [2.05, 4.69) is 15.4 Å². The van der Waals surface area contributed by atoms with E-state index < -0.39 is 36.0 Å². The summed E-state index contributed by atoms with van der Waals surface area (Å²) in [6.45, 7) is 3.86. The summed E-state index contributed by atoms with van der Waals surface area (Å²) in [4.78, 5) is 48.2. The third kappa shape index (κ3) is 10.3. The van der Waals surface area contributed by atoms with Crippen LogP contribution in [0, 0.1) is 5.92 Å². The zero-order valence-electron chi connectivity index (χ0n) is 18.3. The van der Waals surface area contributed by atoms with Gasteiger partial charge in [0.15, 0.2) is 0 Å². The molecule has 0 saturated heterocycles. The third-order valence-electron chi connectivity index (χ3n) is 4.16. The van der Waals surface area contributed by atoms with Crippen molar-refractivity contribution in [2.45, 2.75) is 45.4 Å². The van der Waals surface area contributed by atoms with Crippen LogP contribution in [0.3, 0.4) is 0 Å². The minimum Gasteiger partial charge on any atom is -0.467 e. The molecule has 0 aliphatic carbocycles. The van der Waals surface area contributed by atoms with Crippen molar-refractivity contribution in [3.05, 3.63) is 48.0 Å². The Morgan fingerprint density at radius 2 is 1.65 bits per heavy atom. The molecule has 0 heterocycles. The molecule has 9 heteroatoms. The minimum absolute atomic E-state index is 0.0143. The summed E-state index contributed by atoms with van der Waals surface area (Å²) in [7, 11) is 2.42. The van der Waals surface area contributed by atoms with Crippen molar-refractivity contribution in [2.24, 2.45) is 5.92 Å². The largest absolute Gasteiger partial charge is 0.467 e. The molecule has 2 N–H and O–H groups in total. The number of alkyl carbamates (subject to hydrolysis) is 1. The van der Waals surface area contributed by atoms with Crippen LogP contribution in [0.25, 0.3) is 0 Å². The van der Waals surface area contributed by atoms with Gasteiger partial charge in [-0.3, -0.25) is 4.79 Å². The molecular weight excluding hydrogens is 404 g/mol. The quantitative estimate of drug-likeness (QED) is 0.311. The van der Waals surface area contributed by atoms with E-state index in [1.807, 2.05) is 44.2 Å². The molecule has 0 spiro atoms. The first-order valence-electron chi connectivity index (χ1n) is 9.86. The van der Waals surface area contributed by atoms with E-state index in [9.17, 15) is 19.2 Å². The van der Waals surface area contributed by atoms with Gasteiger partial charge in [0, 0.05) is 6.08 Å². The maximum absolute atomic E-state index is 12.8. The molecule has 9 nitrogen and oxygen atoms in total. The van der Waals surface area contributed by atoms with Crippen molar-refractivity contribution in [1.29, 1.82) is 0 Å². The topological polar surface area (TPSA) is 120 Å². The number of ether oxygens (including phenoxy) is 3. The Bertz CT molecular complexity index is 762. The summed E-state index contributed by atoms with van der Waals surface area (Å²) in [6.07, 6.45) is 2.14. The molecule has 1 aromatic carbocycles. The van der Waals surface area contributed by atoms with E-state index in [-0.39, 0.29) is 18.9 Å². The lowest BCUT2D eigenvalue weighted by Gasteiger charge is -2.22. The van der Waals surface area contributed by atoms with Gasteiger partial charge in [-0.2, -0.15) is 0 Å².